The third kappa shape index (κ3) is 6.82. The molecule has 0 radical (unpaired) electrons. The van der Waals surface area contributed by atoms with Gasteiger partial charge in [0.05, 0.1) is 14.2 Å². The van der Waals surface area contributed by atoms with E-state index in [0.29, 0.717) is 11.3 Å². The molecule has 0 aliphatic rings. The Morgan fingerprint density at radius 3 is 2.47 bits per heavy atom. The number of ether oxygens (including phenoxy) is 1. The maximum Gasteiger partial charge on any atom is 0.338 e. The molecule has 188 valence electrons. The maximum atomic E-state index is 13.1. The number of hydrogen-bond acceptors (Lipinski definition) is 5. The van der Waals surface area contributed by atoms with Gasteiger partial charge in [-0.15, -0.1) is 24.8 Å². The number of fused-ring (bicyclic) bond motifs is 1. The molecule has 6 nitrogen and oxygen atoms in total. The quantitative estimate of drug-likeness (QED) is 0.298. The third-order valence-corrected chi connectivity index (χ3v) is 5.47. The van der Waals surface area contributed by atoms with E-state index in [1.54, 1.807) is 43.6 Å². The number of esters is 1. The summed E-state index contributed by atoms with van der Waals surface area (Å²) in [5, 5.41) is 4.56. The van der Waals surface area contributed by atoms with Gasteiger partial charge < -0.3 is 15.8 Å². The van der Waals surface area contributed by atoms with Crippen LogP contribution >= 0.6 is 24.8 Å². The number of aryl methyl sites for hydroxylation is 2. The highest BCUT2D eigenvalue weighted by molar-refractivity contribution is 5.98. The van der Waals surface area contributed by atoms with Gasteiger partial charge in [-0.2, -0.15) is 0 Å². The number of carbonyl (C=O) groups is 2. The molecule has 4 aromatic rings. The van der Waals surface area contributed by atoms with Gasteiger partial charge in [0.2, 0.25) is 5.91 Å². The Morgan fingerprint density at radius 2 is 1.78 bits per heavy atom. The first-order valence-corrected chi connectivity index (χ1v) is 10.8. The molecule has 1 aromatic heterocycles. The van der Waals surface area contributed by atoms with Crippen LogP contribution < -0.4 is 11.1 Å². The van der Waals surface area contributed by atoms with Crippen LogP contribution in [-0.2, 0) is 16.1 Å². The van der Waals surface area contributed by atoms with E-state index in [9.17, 15) is 9.59 Å². The van der Waals surface area contributed by atoms with Crippen molar-refractivity contribution >= 4 is 53.2 Å². The van der Waals surface area contributed by atoms with Crippen LogP contribution in [0.4, 0.5) is 5.69 Å². The molecule has 0 aliphatic heterocycles. The van der Waals surface area contributed by atoms with Gasteiger partial charge in [0.15, 0.2) is 0 Å². The average molecular weight is 529 g/mol. The Balaban J connectivity index is 0.00000267. The molecule has 0 saturated heterocycles. The molecule has 3 aromatic carbocycles. The van der Waals surface area contributed by atoms with Crippen LogP contribution in [0.2, 0.25) is 0 Å². The first kappa shape index (κ1) is 24.3. The standard InChI is InChI=1S/C28H27N3O3.2ClH/c1-18-3-10-25(19(2)13-18)28(33)34-17-20-4-6-21(7-5-20)26(15-29)27(32)31-24-9-8-23-16-30-12-11-22(23)14-24;;/h3-14,16,26H,15,17,29H2,1-2H3,(H,31,32);2*1H/t26-;;/m1../s1/i17D2,26D;;. The smallest absolute Gasteiger partial charge is 0.338 e. The van der Waals surface area contributed by atoms with Crippen molar-refractivity contribution in [3.63, 3.8) is 0 Å². The van der Waals surface area contributed by atoms with Crippen molar-refractivity contribution < 1.29 is 18.4 Å². The molecule has 0 fully saturated rings. The Bertz CT molecular complexity index is 1490. The van der Waals surface area contributed by atoms with Gasteiger partial charge >= 0.3 is 5.97 Å². The lowest BCUT2D eigenvalue weighted by Gasteiger charge is -2.16. The number of pyridine rings is 1. The lowest BCUT2D eigenvalue weighted by atomic mass is 9.97. The van der Waals surface area contributed by atoms with Crippen LogP contribution in [0.15, 0.2) is 79.1 Å². The minimum absolute atomic E-state index is 0. The third-order valence-electron chi connectivity index (χ3n) is 5.47. The number of rotatable bonds is 7. The number of nitrogens with zero attached hydrogens (tertiary/aromatic N) is 1. The summed E-state index contributed by atoms with van der Waals surface area (Å²) in [4.78, 5) is 29.8. The van der Waals surface area contributed by atoms with Gasteiger partial charge in [-0.1, -0.05) is 48.0 Å². The second kappa shape index (κ2) is 13.0. The van der Waals surface area contributed by atoms with E-state index >= 15 is 0 Å². The van der Waals surface area contributed by atoms with Crippen LogP contribution in [0.1, 0.15) is 42.6 Å². The van der Waals surface area contributed by atoms with Gasteiger partial charge in [-0.25, -0.2) is 4.79 Å². The summed E-state index contributed by atoms with van der Waals surface area (Å²) in [5.74, 6) is -3.23. The number of hydrogen-bond donors (Lipinski definition) is 2. The molecule has 1 amide bonds. The van der Waals surface area contributed by atoms with Gasteiger partial charge in [0, 0.05) is 31.4 Å². The van der Waals surface area contributed by atoms with Crippen molar-refractivity contribution in [2.45, 2.75) is 26.3 Å². The maximum absolute atomic E-state index is 13.1. The Hall–Kier alpha value is -3.45. The van der Waals surface area contributed by atoms with Gasteiger partial charge in [0.1, 0.15) is 6.56 Å². The van der Waals surface area contributed by atoms with Gasteiger partial charge in [0.25, 0.3) is 0 Å². The van der Waals surface area contributed by atoms with Crippen molar-refractivity contribution in [2.24, 2.45) is 5.73 Å². The fourth-order valence-electron chi connectivity index (χ4n) is 3.65. The molecule has 1 heterocycles. The second-order valence-electron chi connectivity index (χ2n) is 7.96. The summed E-state index contributed by atoms with van der Waals surface area (Å²) >= 11 is 0. The van der Waals surface area contributed by atoms with Crippen LogP contribution in [0.3, 0.4) is 0 Å². The molecule has 0 saturated carbocycles. The fourth-order valence-corrected chi connectivity index (χ4v) is 3.65. The first-order valence-electron chi connectivity index (χ1n) is 12.3. The summed E-state index contributed by atoms with van der Waals surface area (Å²) in [6, 6.07) is 18.0. The minimum atomic E-state index is -2.43. The topological polar surface area (TPSA) is 94.3 Å². The molecular weight excluding hydrogens is 497 g/mol. The molecule has 0 aliphatic carbocycles. The van der Waals surface area contributed by atoms with Crippen LogP contribution in [0.25, 0.3) is 10.8 Å². The zero-order chi connectivity index (χ0) is 26.8. The van der Waals surface area contributed by atoms with E-state index in [1.165, 1.54) is 24.3 Å². The summed E-state index contributed by atoms with van der Waals surface area (Å²) < 4.78 is 30.6. The molecule has 8 heteroatoms. The molecular formula is C28H29Cl2N3O3. The van der Waals surface area contributed by atoms with E-state index in [1.807, 2.05) is 25.1 Å². The van der Waals surface area contributed by atoms with E-state index in [-0.39, 0.29) is 48.0 Å². The van der Waals surface area contributed by atoms with Crippen molar-refractivity contribution in [2.75, 3.05) is 11.9 Å². The van der Waals surface area contributed by atoms with E-state index < -0.39 is 24.3 Å². The van der Waals surface area contributed by atoms with Crippen LogP contribution in [-0.4, -0.2) is 23.4 Å². The van der Waals surface area contributed by atoms with Gasteiger partial charge in [-0.05, 0) is 60.2 Å². The number of amides is 1. The average Bonchev–Trinajstić information content (AvgIpc) is 2.87. The predicted octanol–water partition coefficient (Wildman–Crippen LogP) is 5.73. The molecule has 0 spiro atoms. The lowest BCUT2D eigenvalue weighted by molar-refractivity contribution is -0.117. The van der Waals surface area contributed by atoms with Crippen LogP contribution in [0, 0.1) is 13.8 Å². The van der Waals surface area contributed by atoms with Gasteiger partial charge in [-0.3, -0.25) is 9.78 Å². The number of nitrogens with two attached hydrogens (primary N) is 1. The summed E-state index contributed by atoms with van der Waals surface area (Å²) in [5.41, 5.74) is 8.67. The Labute approximate surface area is 227 Å². The number of benzene rings is 3. The highest BCUT2D eigenvalue weighted by Crippen LogP contribution is 2.22. The predicted molar refractivity (Wildman–Crippen MR) is 148 cm³/mol. The number of aromatic nitrogens is 1. The SMILES string of the molecule is Cl.Cl.[2H]C([2H])(OC(=O)c1ccc(C)cc1C)c1ccc([C@@]([2H])(CN)C(=O)Nc2ccc3cnccc3c2)cc1. The van der Waals surface area contributed by atoms with Crippen molar-refractivity contribution in [3.8, 4) is 0 Å². The second-order valence-corrected chi connectivity index (χ2v) is 7.96. The van der Waals surface area contributed by atoms with Crippen molar-refractivity contribution in [1.82, 2.24) is 4.98 Å². The van der Waals surface area contributed by atoms with E-state index in [4.69, 9.17) is 14.6 Å². The number of nitrogens with one attached hydrogen (secondary N) is 1. The monoisotopic (exact) mass is 528 g/mol. The molecule has 0 bridgehead atoms. The number of carbonyl (C=O) groups excluding carboxylic acids is 2. The summed E-state index contributed by atoms with van der Waals surface area (Å²) in [6.07, 6.45) is 3.37. The van der Waals surface area contributed by atoms with E-state index in [0.717, 1.165) is 16.3 Å². The summed E-state index contributed by atoms with van der Waals surface area (Å²) in [7, 11) is 0. The number of halogens is 2. The molecule has 3 N–H and O–H groups in total. The van der Waals surface area contributed by atoms with E-state index in [2.05, 4.69) is 10.3 Å². The van der Waals surface area contributed by atoms with Crippen molar-refractivity contribution in [1.29, 1.82) is 0 Å². The zero-order valence-electron chi connectivity index (χ0n) is 22.8. The van der Waals surface area contributed by atoms with Crippen LogP contribution in [0.5, 0.6) is 0 Å². The fraction of sp³-hybridized carbons (Fsp3) is 0.179. The molecule has 0 unspecified atom stereocenters. The normalized spacial score (nSPS) is 13.6. The molecule has 4 rings (SSSR count). The zero-order valence-corrected chi connectivity index (χ0v) is 21.4. The highest BCUT2D eigenvalue weighted by Gasteiger charge is 2.19. The minimum Gasteiger partial charge on any atom is -0.457 e. The Kier molecular flexibility index (Phi) is 8.77. The number of anilines is 1. The lowest BCUT2D eigenvalue weighted by Crippen LogP contribution is -2.27. The largest absolute Gasteiger partial charge is 0.457 e. The Morgan fingerprint density at radius 1 is 1.03 bits per heavy atom. The molecule has 1 atom stereocenters. The summed E-state index contributed by atoms with van der Waals surface area (Å²) in [6.45, 7) is 0.929. The van der Waals surface area contributed by atoms with Crippen molar-refractivity contribution in [3.05, 3.63) is 107 Å². The molecule has 36 heavy (non-hydrogen) atoms. The highest BCUT2D eigenvalue weighted by atomic mass is 35.5. The first-order chi connectivity index (χ1) is 17.5.